The zero-order valence-electron chi connectivity index (χ0n) is 11.2. The van der Waals surface area contributed by atoms with E-state index < -0.39 is 0 Å². The monoisotopic (exact) mass is 321 g/mol. The maximum atomic E-state index is 5.98. The van der Waals surface area contributed by atoms with Crippen LogP contribution in [0.2, 0.25) is 0 Å². The van der Waals surface area contributed by atoms with Gasteiger partial charge < -0.3 is 9.47 Å². The van der Waals surface area contributed by atoms with Gasteiger partial charge in [0.2, 0.25) is 5.88 Å². The number of fused-ring (bicyclic) bond motifs is 2. The lowest BCUT2D eigenvalue weighted by Crippen LogP contribution is -2.33. The van der Waals surface area contributed by atoms with E-state index in [-0.39, 0.29) is 10.4 Å². The number of aromatic nitrogens is 1. The number of ether oxygens (including phenoxy) is 2. The largest absolute Gasteiger partial charge is 0.496 e. The van der Waals surface area contributed by atoms with Crippen LogP contribution in [-0.4, -0.2) is 22.5 Å². The molecular weight excluding hydrogens is 306 g/mol. The summed E-state index contributed by atoms with van der Waals surface area (Å²) in [5, 5.41) is 1.04. The molecule has 0 bridgehead atoms. The fraction of sp³-hybridized carbons (Fsp3) is 0.400. The van der Waals surface area contributed by atoms with Crippen molar-refractivity contribution in [1.29, 1.82) is 0 Å². The standard InChI is InChI=1S/C15H16BrNO2/c1-15(2,16)12-8-10-13(18-3)9-6-4-5-7-11(9)17-14(10)19-12/h4-7,12H,8H2,1-3H3/t12-/m1/s1. The molecule has 3 rings (SSSR count). The lowest BCUT2D eigenvalue weighted by atomic mass is 10.0. The molecule has 100 valence electrons. The van der Waals surface area contributed by atoms with Gasteiger partial charge in [-0.05, 0) is 26.0 Å². The maximum Gasteiger partial charge on any atom is 0.221 e. The highest BCUT2D eigenvalue weighted by Crippen LogP contribution is 2.42. The molecule has 0 aliphatic carbocycles. The molecule has 0 unspecified atom stereocenters. The molecule has 1 aliphatic rings. The Bertz CT molecular complexity index is 634. The topological polar surface area (TPSA) is 31.4 Å². The number of rotatable bonds is 2. The second-order valence-corrected chi connectivity index (χ2v) is 7.36. The molecule has 2 heterocycles. The highest BCUT2D eigenvalue weighted by Gasteiger charge is 2.37. The number of halogens is 1. The molecule has 0 radical (unpaired) electrons. The lowest BCUT2D eigenvalue weighted by molar-refractivity contribution is 0.194. The number of benzene rings is 1. The number of hydrogen-bond donors (Lipinski definition) is 0. The lowest BCUT2D eigenvalue weighted by Gasteiger charge is -2.23. The second kappa shape index (κ2) is 4.37. The Morgan fingerprint density at radius 1 is 1.37 bits per heavy atom. The number of methoxy groups -OCH3 is 1. The normalized spacial score (nSPS) is 18.2. The molecule has 0 N–H and O–H groups in total. The Kier molecular flexibility index (Phi) is 2.93. The molecule has 1 atom stereocenters. The van der Waals surface area contributed by atoms with Crippen molar-refractivity contribution < 1.29 is 9.47 Å². The van der Waals surface area contributed by atoms with Gasteiger partial charge in [-0.25, -0.2) is 4.98 Å². The summed E-state index contributed by atoms with van der Waals surface area (Å²) < 4.78 is 11.5. The van der Waals surface area contributed by atoms with Crippen LogP contribution in [0.5, 0.6) is 11.6 Å². The molecule has 1 aromatic heterocycles. The zero-order chi connectivity index (χ0) is 13.6. The summed E-state index contributed by atoms with van der Waals surface area (Å²) in [5.41, 5.74) is 1.98. The molecule has 1 aromatic carbocycles. The van der Waals surface area contributed by atoms with Crippen molar-refractivity contribution in [2.45, 2.75) is 30.7 Å². The van der Waals surface area contributed by atoms with E-state index in [4.69, 9.17) is 9.47 Å². The summed E-state index contributed by atoms with van der Waals surface area (Å²) in [7, 11) is 1.70. The van der Waals surface area contributed by atoms with Crippen molar-refractivity contribution in [3.8, 4) is 11.6 Å². The van der Waals surface area contributed by atoms with Crippen LogP contribution in [0.1, 0.15) is 19.4 Å². The van der Waals surface area contributed by atoms with E-state index in [1.807, 2.05) is 24.3 Å². The third-order valence-corrected chi connectivity index (χ3v) is 4.03. The van der Waals surface area contributed by atoms with Gasteiger partial charge in [-0.15, -0.1) is 0 Å². The van der Waals surface area contributed by atoms with Gasteiger partial charge in [-0.1, -0.05) is 28.1 Å². The van der Waals surface area contributed by atoms with E-state index in [2.05, 4.69) is 34.8 Å². The Hall–Kier alpha value is -1.29. The summed E-state index contributed by atoms with van der Waals surface area (Å²) >= 11 is 3.67. The average molecular weight is 322 g/mol. The summed E-state index contributed by atoms with van der Waals surface area (Å²) in [6, 6.07) is 7.99. The molecule has 0 fully saturated rings. The van der Waals surface area contributed by atoms with Crippen LogP contribution in [-0.2, 0) is 6.42 Å². The van der Waals surface area contributed by atoms with Crippen LogP contribution in [0.3, 0.4) is 0 Å². The second-order valence-electron chi connectivity index (χ2n) is 5.32. The van der Waals surface area contributed by atoms with E-state index >= 15 is 0 Å². The Labute approximate surface area is 121 Å². The van der Waals surface area contributed by atoms with E-state index in [0.717, 1.165) is 28.6 Å². The maximum absolute atomic E-state index is 5.98. The number of alkyl halides is 1. The Balaban J connectivity index is 2.17. The van der Waals surface area contributed by atoms with E-state index in [9.17, 15) is 0 Å². The molecule has 0 amide bonds. The third-order valence-electron chi connectivity index (χ3n) is 3.52. The van der Waals surface area contributed by atoms with Crippen LogP contribution in [0.4, 0.5) is 0 Å². The molecule has 1 aliphatic heterocycles. The smallest absolute Gasteiger partial charge is 0.221 e. The van der Waals surface area contributed by atoms with Gasteiger partial charge in [0, 0.05) is 11.8 Å². The van der Waals surface area contributed by atoms with Crippen molar-refractivity contribution in [2.24, 2.45) is 0 Å². The summed E-state index contributed by atoms with van der Waals surface area (Å²) in [5.74, 6) is 1.59. The fourth-order valence-corrected chi connectivity index (χ4v) is 2.71. The fourth-order valence-electron chi connectivity index (χ4n) is 2.45. The molecule has 0 saturated carbocycles. The van der Waals surface area contributed by atoms with Crippen molar-refractivity contribution in [3.05, 3.63) is 29.8 Å². The minimum Gasteiger partial charge on any atom is -0.496 e. The van der Waals surface area contributed by atoms with Gasteiger partial charge in [0.05, 0.1) is 22.5 Å². The Morgan fingerprint density at radius 3 is 2.79 bits per heavy atom. The predicted molar refractivity (Wildman–Crippen MR) is 79.4 cm³/mol. The minimum atomic E-state index is -0.0924. The van der Waals surface area contributed by atoms with Crippen LogP contribution in [0, 0.1) is 0 Å². The van der Waals surface area contributed by atoms with Crippen LogP contribution in [0.25, 0.3) is 10.9 Å². The van der Waals surface area contributed by atoms with Gasteiger partial charge in [0.1, 0.15) is 11.9 Å². The molecular formula is C15H16BrNO2. The van der Waals surface area contributed by atoms with Crippen LogP contribution < -0.4 is 9.47 Å². The van der Waals surface area contributed by atoms with Gasteiger partial charge in [-0.3, -0.25) is 0 Å². The molecule has 0 spiro atoms. The summed E-state index contributed by atoms with van der Waals surface area (Å²) in [4.78, 5) is 4.61. The first-order valence-electron chi connectivity index (χ1n) is 6.32. The summed E-state index contributed by atoms with van der Waals surface area (Å²) in [6.45, 7) is 4.21. The van der Waals surface area contributed by atoms with E-state index in [1.165, 1.54) is 0 Å². The van der Waals surface area contributed by atoms with Gasteiger partial charge >= 0.3 is 0 Å². The van der Waals surface area contributed by atoms with Crippen molar-refractivity contribution in [1.82, 2.24) is 4.98 Å². The van der Waals surface area contributed by atoms with Crippen molar-refractivity contribution in [2.75, 3.05) is 7.11 Å². The zero-order valence-corrected chi connectivity index (χ0v) is 12.8. The molecule has 4 heteroatoms. The van der Waals surface area contributed by atoms with Crippen LogP contribution >= 0.6 is 15.9 Å². The highest BCUT2D eigenvalue weighted by molar-refractivity contribution is 9.10. The minimum absolute atomic E-state index is 0.0701. The predicted octanol–water partition coefficient (Wildman–Crippen LogP) is 3.72. The van der Waals surface area contributed by atoms with Gasteiger partial charge in [-0.2, -0.15) is 0 Å². The first-order valence-corrected chi connectivity index (χ1v) is 7.11. The highest BCUT2D eigenvalue weighted by atomic mass is 79.9. The molecule has 0 saturated heterocycles. The number of para-hydroxylation sites is 1. The van der Waals surface area contributed by atoms with Crippen molar-refractivity contribution in [3.63, 3.8) is 0 Å². The first kappa shape index (κ1) is 12.7. The summed E-state index contributed by atoms with van der Waals surface area (Å²) in [6.07, 6.45) is 0.884. The van der Waals surface area contributed by atoms with Crippen molar-refractivity contribution >= 4 is 26.8 Å². The van der Waals surface area contributed by atoms with Gasteiger partial charge in [0.25, 0.3) is 0 Å². The Morgan fingerprint density at radius 2 is 2.11 bits per heavy atom. The van der Waals surface area contributed by atoms with Crippen LogP contribution in [0.15, 0.2) is 24.3 Å². The SMILES string of the molecule is COc1c2c(nc3ccccc13)O[C@@H](C(C)(C)Br)C2. The average Bonchev–Trinajstić information content (AvgIpc) is 2.79. The third kappa shape index (κ3) is 2.08. The molecule has 19 heavy (non-hydrogen) atoms. The van der Waals surface area contributed by atoms with Gasteiger partial charge in [0.15, 0.2) is 0 Å². The number of pyridine rings is 1. The molecule has 3 nitrogen and oxygen atoms in total. The quantitative estimate of drug-likeness (QED) is 0.790. The molecule has 2 aromatic rings. The van der Waals surface area contributed by atoms with E-state index in [0.29, 0.717) is 5.88 Å². The number of hydrogen-bond acceptors (Lipinski definition) is 3. The first-order chi connectivity index (χ1) is 9.00. The number of nitrogens with zero attached hydrogens (tertiary/aromatic N) is 1. The van der Waals surface area contributed by atoms with E-state index in [1.54, 1.807) is 7.11 Å².